The maximum Gasteiger partial charge on any atom is 0.234 e. The van der Waals surface area contributed by atoms with Crippen LogP contribution in [-0.4, -0.2) is 35.5 Å². The maximum absolute atomic E-state index is 13.0. The van der Waals surface area contributed by atoms with E-state index in [0.29, 0.717) is 18.5 Å². The molecule has 1 unspecified atom stereocenters. The molecule has 2 aromatic heterocycles. The Labute approximate surface area is 166 Å². The van der Waals surface area contributed by atoms with Crippen LogP contribution in [0.3, 0.4) is 0 Å². The lowest BCUT2D eigenvalue weighted by molar-refractivity contribution is -0.125. The molecule has 4 rings (SSSR count). The largest absolute Gasteiger partial charge is 0.467 e. The van der Waals surface area contributed by atoms with Crippen LogP contribution in [0.1, 0.15) is 58.3 Å². The summed E-state index contributed by atoms with van der Waals surface area (Å²) >= 11 is 0. The average Bonchev–Trinajstić information content (AvgIpc) is 3.37. The number of carbonyl (C=O) groups excluding carboxylic acids is 1. The highest BCUT2D eigenvalue weighted by Crippen LogP contribution is 2.40. The summed E-state index contributed by atoms with van der Waals surface area (Å²) in [4.78, 5) is 26.4. The molecule has 150 valence electrons. The molecule has 2 aliphatic rings. The topological polar surface area (TPSA) is 74.5 Å². The molecule has 0 spiro atoms. The van der Waals surface area contributed by atoms with Crippen molar-refractivity contribution < 1.29 is 9.21 Å². The van der Waals surface area contributed by atoms with Gasteiger partial charge in [0, 0.05) is 19.6 Å². The highest BCUT2D eigenvalue weighted by atomic mass is 16.3. The molecule has 1 aliphatic heterocycles. The van der Waals surface area contributed by atoms with E-state index in [9.17, 15) is 4.79 Å². The van der Waals surface area contributed by atoms with Crippen molar-refractivity contribution in [1.29, 1.82) is 0 Å². The van der Waals surface area contributed by atoms with Gasteiger partial charge < -0.3 is 19.5 Å². The van der Waals surface area contributed by atoms with Crippen molar-refractivity contribution in [2.24, 2.45) is 5.41 Å². The number of aromatic nitrogens is 2. The van der Waals surface area contributed by atoms with E-state index in [1.807, 2.05) is 40.0 Å². The fourth-order valence-electron chi connectivity index (χ4n) is 4.34. The molecule has 0 bridgehead atoms. The zero-order chi connectivity index (χ0) is 19.9. The van der Waals surface area contributed by atoms with Gasteiger partial charge in [0.05, 0.1) is 23.9 Å². The van der Waals surface area contributed by atoms with Gasteiger partial charge in [-0.15, -0.1) is 0 Å². The lowest BCUT2D eigenvalue weighted by Gasteiger charge is -2.34. The van der Waals surface area contributed by atoms with E-state index in [2.05, 4.69) is 15.2 Å². The van der Waals surface area contributed by atoms with Gasteiger partial charge >= 0.3 is 0 Å². The second-order valence-corrected chi connectivity index (χ2v) is 8.60. The van der Waals surface area contributed by atoms with Crippen LogP contribution in [0.4, 0.5) is 17.5 Å². The summed E-state index contributed by atoms with van der Waals surface area (Å²) < 4.78 is 5.48. The van der Waals surface area contributed by atoms with Crippen LogP contribution in [-0.2, 0) is 4.79 Å². The molecule has 1 saturated carbocycles. The molecular formula is C21H29N5O2. The monoisotopic (exact) mass is 383 g/mol. The molecule has 7 nitrogen and oxygen atoms in total. The number of fused-ring (bicyclic) bond motifs is 1. The number of rotatable bonds is 4. The smallest absolute Gasteiger partial charge is 0.234 e. The van der Waals surface area contributed by atoms with Gasteiger partial charge in [-0.25, -0.2) is 4.98 Å². The van der Waals surface area contributed by atoms with Gasteiger partial charge in [-0.2, -0.15) is 4.98 Å². The van der Waals surface area contributed by atoms with Crippen molar-refractivity contribution in [1.82, 2.24) is 9.97 Å². The molecule has 0 aromatic carbocycles. The van der Waals surface area contributed by atoms with Gasteiger partial charge in [-0.3, -0.25) is 4.79 Å². The minimum Gasteiger partial charge on any atom is -0.467 e. The predicted octanol–water partition coefficient (Wildman–Crippen LogP) is 3.99. The summed E-state index contributed by atoms with van der Waals surface area (Å²) in [5, 5.41) is 3.33. The zero-order valence-electron chi connectivity index (χ0n) is 17.1. The van der Waals surface area contributed by atoms with Crippen molar-refractivity contribution >= 4 is 23.4 Å². The first kappa shape index (κ1) is 18.8. The van der Waals surface area contributed by atoms with Crippen LogP contribution in [0.5, 0.6) is 0 Å². The van der Waals surface area contributed by atoms with E-state index < -0.39 is 5.41 Å². The van der Waals surface area contributed by atoms with E-state index in [0.717, 1.165) is 30.1 Å². The Morgan fingerprint density at radius 2 is 2.07 bits per heavy atom. The standard InChI is InChI=1S/C21H29N5O2/c1-14(17-10-7-11-28-17)23-20-22-12-16-18(24-20)26(15-8-5-6-9-15)13-21(2,3)19(27)25(16)4/h7,10-12,14-15H,5-6,8-9,13H2,1-4H3,(H,22,23,24). The number of amides is 1. The Kier molecular flexibility index (Phi) is 4.77. The first-order valence-corrected chi connectivity index (χ1v) is 10.1. The molecule has 28 heavy (non-hydrogen) atoms. The van der Waals surface area contributed by atoms with Crippen molar-refractivity contribution in [3.05, 3.63) is 30.4 Å². The van der Waals surface area contributed by atoms with E-state index in [1.165, 1.54) is 12.8 Å². The van der Waals surface area contributed by atoms with E-state index in [4.69, 9.17) is 9.40 Å². The third kappa shape index (κ3) is 3.34. The van der Waals surface area contributed by atoms with Gasteiger partial charge in [0.25, 0.3) is 0 Å². The Bertz CT molecular complexity index is 842. The second-order valence-electron chi connectivity index (χ2n) is 8.60. The third-order valence-corrected chi connectivity index (χ3v) is 5.91. The summed E-state index contributed by atoms with van der Waals surface area (Å²) in [5.41, 5.74) is 0.297. The molecule has 0 radical (unpaired) electrons. The number of furan rings is 1. The first-order valence-electron chi connectivity index (χ1n) is 10.1. The van der Waals surface area contributed by atoms with Gasteiger partial charge in [0.1, 0.15) is 11.4 Å². The SMILES string of the molecule is CC(Nc1ncc2c(n1)N(C1CCCC1)CC(C)(C)C(=O)N2C)c1ccco1. The Morgan fingerprint density at radius 1 is 1.32 bits per heavy atom. The zero-order valence-corrected chi connectivity index (χ0v) is 17.1. The van der Waals surface area contributed by atoms with Crippen LogP contribution in [0.15, 0.2) is 29.0 Å². The minimum atomic E-state index is -0.479. The summed E-state index contributed by atoms with van der Waals surface area (Å²) in [6.07, 6.45) is 8.17. The molecule has 1 atom stereocenters. The van der Waals surface area contributed by atoms with Crippen molar-refractivity contribution in [2.45, 2.75) is 58.5 Å². The molecule has 1 aliphatic carbocycles. The number of hydrogen-bond acceptors (Lipinski definition) is 6. The van der Waals surface area contributed by atoms with E-state index in [1.54, 1.807) is 17.4 Å². The molecule has 7 heteroatoms. The summed E-state index contributed by atoms with van der Waals surface area (Å²) in [6.45, 7) is 6.72. The molecule has 1 fully saturated rings. The Morgan fingerprint density at radius 3 is 2.75 bits per heavy atom. The van der Waals surface area contributed by atoms with Crippen LogP contribution in [0, 0.1) is 5.41 Å². The number of hydrogen-bond donors (Lipinski definition) is 1. The average molecular weight is 383 g/mol. The van der Waals surface area contributed by atoms with Crippen LogP contribution in [0.2, 0.25) is 0 Å². The van der Waals surface area contributed by atoms with E-state index in [-0.39, 0.29) is 11.9 Å². The molecule has 3 heterocycles. The normalized spacial score (nSPS) is 20.8. The second kappa shape index (κ2) is 7.11. The quantitative estimate of drug-likeness (QED) is 0.860. The molecular weight excluding hydrogens is 354 g/mol. The van der Waals surface area contributed by atoms with Crippen molar-refractivity contribution in [3.63, 3.8) is 0 Å². The fourth-order valence-corrected chi connectivity index (χ4v) is 4.34. The fraction of sp³-hybridized carbons (Fsp3) is 0.571. The Balaban J connectivity index is 1.71. The predicted molar refractivity (Wildman–Crippen MR) is 110 cm³/mol. The third-order valence-electron chi connectivity index (χ3n) is 5.91. The maximum atomic E-state index is 13.0. The number of carbonyl (C=O) groups is 1. The highest BCUT2D eigenvalue weighted by Gasteiger charge is 2.41. The lowest BCUT2D eigenvalue weighted by Crippen LogP contribution is -2.45. The van der Waals surface area contributed by atoms with Gasteiger partial charge in [-0.05, 0) is 45.7 Å². The van der Waals surface area contributed by atoms with Crippen LogP contribution >= 0.6 is 0 Å². The molecule has 1 amide bonds. The number of nitrogens with zero attached hydrogens (tertiary/aromatic N) is 4. The summed E-state index contributed by atoms with van der Waals surface area (Å²) in [7, 11) is 1.82. The minimum absolute atomic E-state index is 0.0467. The summed E-state index contributed by atoms with van der Waals surface area (Å²) in [5.74, 6) is 2.32. The molecule has 2 aromatic rings. The lowest BCUT2D eigenvalue weighted by atomic mass is 9.91. The number of nitrogens with one attached hydrogen (secondary N) is 1. The number of anilines is 3. The molecule has 1 N–H and O–H groups in total. The van der Waals surface area contributed by atoms with Gasteiger partial charge in [0.2, 0.25) is 11.9 Å². The van der Waals surface area contributed by atoms with Gasteiger partial charge in [-0.1, -0.05) is 12.8 Å². The van der Waals surface area contributed by atoms with Gasteiger partial charge in [0.15, 0.2) is 5.82 Å². The summed E-state index contributed by atoms with van der Waals surface area (Å²) in [6, 6.07) is 4.17. The van der Waals surface area contributed by atoms with Crippen LogP contribution < -0.4 is 15.1 Å². The Hall–Kier alpha value is -2.57. The highest BCUT2D eigenvalue weighted by molar-refractivity contribution is 6.00. The molecule has 0 saturated heterocycles. The van der Waals surface area contributed by atoms with Crippen molar-refractivity contribution in [2.75, 3.05) is 28.7 Å². The first-order chi connectivity index (χ1) is 13.4. The van der Waals surface area contributed by atoms with E-state index >= 15 is 0 Å². The van der Waals surface area contributed by atoms with Crippen molar-refractivity contribution in [3.8, 4) is 0 Å². The van der Waals surface area contributed by atoms with Crippen LogP contribution in [0.25, 0.3) is 0 Å².